The molecule has 46 heavy (non-hydrogen) atoms. The number of benzene rings is 2. The van der Waals surface area contributed by atoms with Crippen LogP contribution in [0.5, 0.6) is 11.5 Å². The van der Waals surface area contributed by atoms with Crippen molar-refractivity contribution in [2.75, 3.05) is 45.9 Å². The van der Waals surface area contributed by atoms with Gasteiger partial charge < -0.3 is 34.5 Å². The molecule has 1 atom stereocenters. The molecule has 1 amide bonds. The fourth-order valence-electron chi connectivity index (χ4n) is 6.60. The second kappa shape index (κ2) is 14.3. The molecular weight excluding hydrogens is 604 g/mol. The normalized spacial score (nSPS) is 17.4. The number of piperidine rings is 1. The number of phenols is 1. The second-order valence-electron chi connectivity index (χ2n) is 12.4. The number of aliphatic hydroxyl groups is 1. The summed E-state index contributed by atoms with van der Waals surface area (Å²) >= 11 is 1.51. The molecule has 2 fully saturated rings. The number of phenolic OH excluding ortho intramolecular Hbond substituents is 1. The number of nitrogens with one attached hydrogen (secondary N) is 1. The lowest BCUT2D eigenvalue weighted by molar-refractivity contribution is -0.127. The largest absolute Gasteiger partial charge is 0.506 e. The van der Waals surface area contributed by atoms with E-state index in [1.807, 2.05) is 29.3 Å². The van der Waals surface area contributed by atoms with Crippen molar-refractivity contribution in [2.24, 2.45) is 0 Å². The van der Waals surface area contributed by atoms with Gasteiger partial charge in [-0.25, -0.2) is 4.98 Å². The van der Waals surface area contributed by atoms with Gasteiger partial charge in [0.1, 0.15) is 17.2 Å². The van der Waals surface area contributed by atoms with Crippen molar-refractivity contribution in [1.29, 1.82) is 0 Å². The minimum Gasteiger partial charge on any atom is -0.506 e. The highest BCUT2D eigenvalue weighted by Gasteiger charge is 2.41. The number of aliphatic hydroxyl groups excluding tert-OH is 1. The summed E-state index contributed by atoms with van der Waals surface area (Å²) in [5, 5.41) is 24.4. The Morgan fingerprint density at radius 3 is 2.80 bits per heavy atom. The zero-order valence-corrected chi connectivity index (χ0v) is 27.1. The van der Waals surface area contributed by atoms with Crippen LogP contribution in [0, 0.1) is 6.92 Å². The molecule has 2 aliphatic heterocycles. The smallest absolute Gasteiger partial charge is 0.273 e. The van der Waals surface area contributed by atoms with Gasteiger partial charge in [-0.1, -0.05) is 18.2 Å². The van der Waals surface area contributed by atoms with Crippen LogP contribution in [0.15, 0.2) is 58.7 Å². The Morgan fingerprint density at radius 2 is 2.00 bits per heavy atom. The van der Waals surface area contributed by atoms with E-state index in [9.17, 15) is 19.8 Å². The zero-order valence-electron chi connectivity index (χ0n) is 26.2. The van der Waals surface area contributed by atoms with Crippen LogP contribution in [0.1, 0.15) is 64.8 Å². The standard InChI is InChI=1S/C35H42N4O6S/c1-24-36-29(22-46-24)34(43)39-18-20-45-35(23-39)13-16-38(17-14-35)15-4-19-44-26-7-2-5-25(21-26)6-3-8-30(40)27-9-11-31(41)33-28(27)10-12-32(42)37-33/h2,5,7,9-12,21-22,30,40-41H,3-4,6,8,13-20,23H2,1H3,(H,37,42)/t30-/m0/s1. The summed E-state index contributed by atoms with van der Waals surface area (Å²) in [6.07, 6.45) is 4.14. The van der Waals surface area contributed by atoms with Gasteiger partial charge in [0.25, 0.3) is 5.91 Å². The maximum absolute atomic E-state index is 13.0. The number of likely N-dealkylation sites (tertiary alicyclic amines) is 1. The van der Waals surface area contributed by atoms with Crippen LogP contribution in [0.2, 0.25) is 0 Å². The van der Waals surface area contributed by atoms with E-state index in [2.05, 4.69) is 27.0 Å². The monoisotopic (exact) mass is 646 g/mol. The average Bonchev–Trinajstić information content (AvgIpc) is 3.50. The number of aromatic nitrogens is 2. The molecule has 0 bridgehead atoms. The Balaban J connectivity index is 0.913. The van der Waals surface area contributed by atoms with Crippen molar-refractivity contribution in [3.63, 3.8) is 0 Å². The van der Waals surface area contributed by atoms with E-state index in [4.69, 9.17) is 9.47 Å². The van der Waals surface area contributed by atoms with E-state index in [0.717, 1.165) is 68.1 Å². The maximum Gasteiger partial charge on any atom is 0.273 e. The van der Waals surface area contributed by atoms with Crippen LogP contribution < -0.4 is 10.3 Å². The molecule has 0 unspecified atom stereocenters. The molecule has 11 heteroatoms. The second-order valence-corrected chi connectivity index (χ2v) is 13.5. The first-order valence-electron chi connectivity index (χ1n) is 16.1. The third-order valence-corrected chi connectivity index (χ3v) is 9.91. The molecule has 6 rings (SSSR count). The van der Waals surface area contributed by atoms with E-state index in [0.29, 0.717) is 54.9 Å². The Kier molecular flexibility index (Phi) is 10.0. The summed E-state index contributed by atoms with van der Waals surface area (Å²) in [7, 11) is 0. The van der Waals surface area contributed by atoms with Gasteiger partial charge in [-0.2, -0.15) is 0 Å². The third-order valence-electron chi connectivity index (χ3n) is 9.14. The molecule has 10 nitrogen and oxygen atoms in total. The number of hydrogen-bond acceptors (Lipinski definition) is 9. The fourth-order valence-corrected chi connectivity index (χ4v) is 7.19. The number of aromatic hydroxyl groups is 1. The van der Waals surface area contributed by atoms with Crippen molar-refractivity contribution >= 4 is 28.1 Å². The first-order valence-corrected chi connectivity index (χ1v) is 17.0. The SMILES string of the molecule is Cc1nc(C(=O)N2CCOC3(CCN(CCCOc4cccc(CCC[C@H](O)c5ccc(O)c6[nH]c(=O)ccc56)c4)CC3)C2)cs1. The number of ether oxygens (including phenoxy) is 2. The van der Waals surface area contributed by atoms with E-state index in [1.165, 1.54) is 23.5 Å². The number of amides is 1. The number of nitrogens with zero attached hydrogens (tertiary/aromatic N) is 3. The molecular formula is C35H42N4O6S. The van der Waals surface area contributed by atoms with Gasteiger partial charge in [-0.3, -0.25) is 9.59 Å². The van der Waals surface area contributed by atoms with Crippen molar-refractivity contribution in [2.45, 2.75) is 57.2 Å². The lowest BCUT2D eigenvalue weighted by atomic mass is 9.89. The molecule has 2 aromatic heterocycles. The van der Waals surface area contributed by atoms with Crippen LogP contribution in [-0.4, -0.2) is 87.4 Å². The Labute approximate surface area is 272 Å². The summed E-state index contributed by atoms with van der Waals surface area (Å²) in [6, 6.07) is 14.4. The van der Waals surface area contributed by atoms with Gasteiger partial charge in [-0.05, 0) is 80.8 Å². The van der Waals surface area contributed by atoms with Crippen molar-refractivity contribution in [1.82, 2.24) is 19.8 Å². The molecule has 0 radical (unpaired) electrons. The summed E-state index contributed by atoms with van der Waals surface area (Å²) in [4.78, 5) is 36.1. The van der Waals surface area contributed by atoms with E-state index in [1.54, 1.807) is 12.1 Å². The Hall–Kier alpha value is -3.77. The number of thiazole rings is 1. The van der Waals surface area contributed by atoms with Crippen LogP contribution in [0.3, 0.4) is 0 Å². The number of morpholine rings is 1. The van der Waals surface area contributed by atoms with Gasteiger partial charge in [0, 0.05) is 43.0 Å². The quantitative estimate of drug-likeness (QED) is 0.198. The summed E-state index contributed by atoms with van der Waals surface area (Å²) < 4.78 is 12.4. The molecule has 0 aliphatic carbocycles. The molecule has 244 valence electrons. The number of carbonyl (C=O) groups excluding carboxylic acids is 1. The van der Waals surface area contributed by atoms with Crippen LogP contribution in [0.25, 0.3) is 10.9 Å². The average molecular weight is 647 g/mol. The predicted molar refractivity (Wildman–Crippen MR) is 178 cm³/mol. The first-order chi connectivity index (χ1) is 22.3. The topological polar surface area (TPSA) is 128 Å². The van der Waals surface area contributed by atoms with Gasteiger partial charge >= 0.3 is 0 Å². The lowest BCUT2D eigenvalue weighted by Crippen LogP contribution is -2.58. The molecule has 2 aromatic carbocycles. The molecule has 4 heterocycles. The Morgan fingerprint density at radius 1 is 1.15 bits per heavy atom. The summed E-state index contributed by atoms with van der Waals surface area (Å²) in [5.74, 6) is 0.846. The van der Waals surface area contributed by atoms with E-state index >= 15 is 0 Å². The highest BCUT2D eigenvalue weighted by molar-refractivity contribution is 7.09. The minimum atomic E-state index is -0.711. The first kappa shape index (κ1) is 32.2. The van der Waals surface area contributed by atoms with Crippen molar-refractivity contribution in [3.8, 4) is 11.5 Å². The number of rotatable bonds is 11. The highest BCUT2D eigenvalue weighted by Crippen LogP contribution is 2.32. The van der Waals surface area contributed by atoms with Crippen LogP contribution in [-0.2, 0) is 11.2 Å². The molecule has 2 aliphatic rings. The number of fused-ring (bicyclic) bond motifs is 1. The van der Waals surface area contributed by atoms with Gasteiger partial charge in [-0.15, -0.1) is 11.3 Å². The van der Waals surface area contributed by atoms with E-state index in [-0.39, 0.29) is 22.8 Å². The van der Waals surface area contributed by atoms with Gasteiger partial charge in [0.2, 0.25) is 5.56 Å². The number of aryl methyl sites for hydroxylation is 2. The maximum atomic E-state index is 13.0. The minimum absolute atomic E-state index is 0.00985. The highest BCUT2D eigenvalue weighted by atomic mass is 32.1. The molecule has 1 spiro atoms. The molecule has 4 aromatic rings. The number of carbonyl (C=O) groups is 1. The van der Waals surface area contributed by atoms with E-state index < -0.39 is 6.10 Å². The fraction of sp³-hybridized carbons (Fsp3) is 0.457. The van der Waals surface area contributed by atoms with Crippen molar-refractivity contribution < 1.29 is 24.5 Å². The third kappa shape index (κ3) is 7.60. The number of pyridine rings is 1. The molecule has 2 saturated heterocycles. The number of aromatic amines is 1. The van der Waals surface area contributed by atoms with Gasteiger partial charge in [0.15, 0.2) is 0 Å². The van der Waals surface area contributed by atoms with Gasteiger partial charge in [0.05, 0.1) is 42.0 Å². The predicted octanol–water partition coefficient (Wildman–Crippen LogP) is 4.83. The number of H-pyrrole nitrogens is 1. The molecule has 0 saturated carbocycles. The lowest BCUT2D eigenvalue weighted by Gasteiger charge is -2.47. The number of hydrogen-bond donors (Lipinski definition) is 3. The summed E-state index contributed by atoms with van der Waals surface area (Å²) in [5.41, 5.74) is 2.17. The Bertz CT molecular complexity index is 1710. The van der Waals surface area contributed by atoms with Crippen LogP contribution in [0.4, 0.5) is 0 Å². The van der Waals surface area contributed by atoms with Crippen LogP contribution >= 0.6 is 11.3 Å². The summed E-state index contributed by atoms with van der Waals surface area (Å²) in [6.45, 7) is 7.20. The van der Waals surface area contributed by atoms with Crippen molar-refractivity contribution in [3.05, 3.63) is 86.1 Å². The zero-order chi connectivity index (χ0) is 32.1. The molecule has 3 N–H and O–H groups in total.